The summed E-state index contributed by atoms with van der Waals surface area (Å²) >= 11 is 0. The highest BCUT2D eigenvalue weighted by Gasteiger charge is 2.29. The number of rotatable bonds is 4. The summed E-state index contributed by atoms with van der Waals surface area (Å²) in [5.41, 5.74) is 5.10. The van der Waals surface area contributed by atoms with E-state index in [0.717, 1.165) is 6.42 Å². The van der Waals surface area contributed by atoms with Gasteiger partial charge in [-0.1, -0.05) is 55.5 Å². The van der Waals surface area contributed by atoms with E-state index in [9.17, 15) is 4.79 Å². The topological polar surface area (TPSA) is 29.1 Å². The molecule has 3 rings (SSSR count). The number of amides is 1. The van der Waals surface area contributed by atoms with Gasteiger partial charge in [0, 0.05) is 18.4 Å². The number of hydrogen-bond acceptors (Lipinski definition) is 1. The zero-order chi connectivity index (χ0) is 14.8. The molecule has 21 heavy (non-hydrogen) atoms. The summed E-state index contributed by atoms with van der Waals surface area (Å²) < 4.78 is 0. The zero-order valence-electron chi connectivity index (χ0n) is 12.6. The average Bonchev–Trinajstić information content (AvgIpc) is 2.82. The molecule has 0 radical (unpaired) electrons. The fourth-order valence-electron chi connectivity index (χ4n) is 3.10. The summed E-state index contributed by atoms with van der Waals surface area (Å²) in [5.74, 6) is 0.322. The number of carbonyl (C=O) groups excluding carboxylic acids is 1. The molecule has 0 heterocycles. The predicted octanol–water partition coefficient (Wildman–Crippen LogP) is 4.10. The number of carbonyl (C=O) groups is 1. The fourth-order valence-corrected chi connectivity index (χ4v) is 3.10. The standard InChI is InChI=1S/C19H21NO/c1-3-13(2)20-19(21)12-18-16-10-6-4-8-14(16)15-9-5-7-11-17(15)18/h4-11,13,18H,3,12H2,1-2H3,(H,20,21). The van der Waals surface area contributed by atoms with Gasteiger partial charge in [-0.05, 0) is 35.6 Å². The van der Waals surface area contributed by atoms with Crippen molar-refractivity contribution in [2.24, 2.45) is 0 Å². The second-order valence-electron chi connectivity index (χ2n) is 5.81. The minimum absolute atomic E-state index is 0.140. The van der Waals surface area contributed by atoms with Crippen LogP contribution in [0.4, 0.5) is 0 Å². The Balaban J connectivity index is 1.90. The molecule has 0 saturated heterocycles. The van der Waals surface area contributed by atoms with Gasteiger partial charge in [0.1, 0.15) is 0 Å². The highest BCUT2D eigenvalue weighted by atomic mass is 16.1. The molecule has 0 bridgehead atoms. The molecule has 0 aromatic heterocycles. The van der Waals surface area contributed by atoms with E-state index < -0.39 is 0 Å². The molecule has 2 heteroatoms. The highest BCUT2D eigenvalue weighted by Crippen LogP contribution is 2.45. The number of nitrogens with one attached hydrogen (secondary N) is 1. The van der Waals surface area contributed by atoms with Crippen LogP contribution in [0.5, 0.6) is 0 Å². The third-order valence-corrected chi connectivity index (χ3v) is 4.37. The molecule has 2 nitrogen and oxygen atoms in total. The van der Waals surface area contributed by atoms with Gasteiger partial charge in [-0.25, -0.2) is 0 Å². The lowest BCUT2D eigenvalue weighted by Crippen LogP contribution is -2.32. The van der Waals surface area contributed by atoms with Gasteiger partial charge < -0.3 is 5.32 Å². The second kappa shape index (κ2) is 5.72. The lowest BCUT2D eigenvalue weighted by atomic mass is 9.93. The van der Waals surface area contributed by atoms with Crippen molar-refractivity contribution in [3.63, 3.8) is 0 Å². The van der Waals surface area contributed by atoms with Crippen molar-refractivity contribution >= 4 is 5.91 Å². The fraction of sp³-hybridized carbons (Fsp3) is 0.316. The summed E-state index contributed by atoms with van der Waals surface area (Å²) in [6.45, 7) is 4.14. The Morgan fingerprint density at radius 1 is 1.05 bits per heavy atom. The van der Waals surface area contributed by atoms with E-state index in [0.29, 0.717) is 6.42 Å². The van der Waals surface area contributed by atoms with E-state index in [-0.39, 0.29) is 17.9 Å². The summed E-state index contributed by atoms with van der Waals surface area (Å²) in [4.78, 5) is 12.3. The molecular formula is C19H21NO. The lowest BCUT2D eigenvalue weighted by molar-refractivity contribution is -0.121. The van der Waals surface area contributed by atoms with E-state index in [4.69, 9.17) is 0 Å². The summed E-state index contributed by atoms with van der Waals surface area (Å²) in [5, 5.41) is 3.08. The molecule has 2 aromatic carbocycles. The van der Waals surface area contributed by atoms with Gasteiger partial charge >= 0.3 is 0 Å². The van der Waals surface area contributed by atoms with Crippen molar-refractivity contribution in [1.29, 1.82) is 0 Å². The van der Waals surface area contributed by atoms with Gasteiger partial charge in [-0.15, -0.1) is 0 Å². The average molecular weight is 279 g/mol. The third kappa shape index (κ3) is 2.58. The molecule has 1 N–H and O–H groups in total. The maximum absolute atomic E-state index is 12.3. The Hall–Kier alpha value is -2.09. The molecule has 0 aliphatic heterocycles. The van der Waals surface area contributed by atoms with Gasteiger partial charge in [0.2, 0.25) is 5.91 Å². The first-order valence-electron chi connectivity index (χ1n) is 7.68. The Morgan fingerprint density at radius 2 is 1.57 bits per heavy atom. The molecule has 1 unspecified atom stereocenters. The van der Waals surface area contributed by atoms with Crippen molar-refractivity contribution in [2.45, 2.75) is 38.6 Å². The first-order valence-corrected chi connectivity index (χ1v) is 7.68. The molecule has 1 aliphatic rings. The van der Waals surface area contributed by atoms with E-state index in [1.807, 2.05) is 0 Å². The van der Waals surface area contributed by atoms with Crippen LogP contribution in [0.2, 0.25) is 0 Å². The summed E-state index contributed by atoms with van der Waals surface area (Å²) in [7, 11) is 0. The van der Waals surface area contributed by atoms with Crippen molar-refractivity contribution < 1.29 is 4.79 Å². The SMILES string of the molecule is CCC(C)NC(=O)CC1c2ccccc2-c2ccccc21. The van der Waals surface area contributed by atoms with Crippen LogP contribution in [-0.2, 0) is 4.79 Å². The smallest absolute Gasteiger partial charge is 0.221 e. The third-order valence-electron chi connectivity index (χ3n) is 4.37. The lowest BCUT2D eigenvalue weighted by Gasteiger charge is -2.16. The Morgan fingerprint density at radius 3 is 2.10 bits per heavy atom. The van der Waals surface area contributed by atoms with Gasteiger partial charge in [-0.2, -0.15) is 0 Å². The van der Waals surface area contributed by atoms with E-state index in [1.165, 1.54) is 22.3 Å². The normalized spacial score (nSPS) is 14.4. The van der Waals surface area contributed by atoms with Gasteiger partial charge in [-0.3, -0.25) is 4.79 Å². The molecule has 0 saturated carbocycles. The Kier molecular flexibility index (Phi) is 3.78. The first kappa shape index (κ1) is 13.9. The molecule has 1 atom stereocenters. The van der Waals surface area contributed by atoms with Crippen LogP contribution in [0, 0.1) is 0 Å². The molecule has 1 amide bonds. The molecule has 0 fully saturated rings. The van der Waals surface area contributed by atoms with Gasteiger partial charge in [0.25, 0.3) is 0 Å². The first-order chi connectivity index (χ1) is 10.2. The van der Waals surface area contributed by atoms with Gasteiger partial charge in [0.15, 0.2) is 0 Å². The zero-order valence-corrected chi connectivity index (χ0v) is 12.6. The van der Waals surface area contributed by atoms with Crippen LogP contribution in [0.25, 0.3) is 11.1 Å². The van der Waals surface area contributed by atoms with E-state index in [2.05, 4.69) is 67.7 Å². The summed E-state index contributed by atoms with van der Waals surface area (Å²) in [6, 6.07) is 17.1. The minimum Gasteiger partial charge on any atom is -0.354 e. The molecule has 1 aliphatic carbocycles. The molecule has 108 valence electrons. The van der Waals surface area contributed by atoms with Crippen molar-refractivity contribution in [3.05, 3.63) is 59.7 Å². The Bertz CT molecular complexity index is 617. The van der Waals surface area contributed by atoms with Crippen LogP contribution < -0.4 is 5.32 Å². The van der Waals surface area contributed by atoms with Gasteiger partial charge in [0.05, 0.1) is 0 Å². The van der Waals surface area contributed by atoms with Crippen LogP contribution in [0.3, 0.4) is 0 Å². The van der Waals surface area contributed by atoms with E-state index >= 15 is 0 Å². The maximum atomic E-state index is 12.3. The summed E-state index contributed by atoms with van der Waals surface area (Å²) in [6.07, 6.45) is 1.49. The van der Waals surface area contributed by atoms with Crippen molar-refractivity contribution in [3.8, 4) is 11.1 Å². The second-order valence-corrected chi connectivity index (χ2v) is 5.81. The quantitative estimate of drug-likeness (QED) is 0.896. The van der Waals surface area contributed by atoms with Crippen LogP contribution in [0.15, 0.2) is 48.5 Å². The number of hydrogen-bond donors (Lipinski definition) is 1. The number of benzene rings is 2. The number of fused-ring (bicyclic) bond motifs is 3. The molecule has 2 aromatic rings. The van der Waals surface area contributed by atoms with Crippen LogP contribution in [0.1, 0.15) is 43.7 Å². The monoisotopic (exact) mass is 279 g/mol. The van der Waals surface area contributed by atoms with E-state index in [1.54, 1.807) is 0 Å². The highest BCUT2D eigenvalue weighted by molar-refractivity contribution is 5.84. The predicted molar refractivity (Wildman–Crippen MR) is 86.2 cm³/mol. The van der Waals surface area contributed by atoms with Crippen LogP contribution in [-0.4, -0.2) is 11.9 Å². The molecule has 0 spiro atoms. The van der Waals surface area contributed by atoms with Crippen molar-refractivity contribution in [2.75, 3.05) is 0 Å². The Labute approximate surface area is 126 Å². The minimum atomic E-state index is 0.140. The largest absolute Gasteiger partial charge is 0.354 e. The van der Waals surface area contributed by atoms with Crippen LogP contribution >= 0.6 is 0 Å². The molecular weight excluding hydrogens is 258 g/mol. The maximum Gasteiger partial charge on any atom is 0.221 e. The van der Waals surface area contributed by atoms with Crippen molar-refractivity contribution in [1.82, 2.24) is 5.32 Å².